The molecule has 1 atom stereocenters. The van der Waals surface area contributed by atoms with Crippen LogP contribution in [0.3, 0.4) is 0 Å². The van der Waals surface area contributed by atoms with E-state index >= 15 is 0 Å². The van der Waals surface area contributed by atoms with E-state index in [0.29, 0.717) is 28.3 Å². The Morgan fingerprint density at radius 2 is 1.72 bits per heavy atom. The van der Waals surface area contributed by atoms with Crippen LogP contribution in [-0.2, 0) is 0 Å². The van der Waals surface area contributed by atoms with Crippen molar-refractivity contribution in [1.82, 2.24) is 15.3 Å². The molecule has 0 aliphatic heterocycles. The summed E-state index contributed by atoms with van der Waals surface area (Å²) in [5, 5.41) is 6.22. The van der Waals surface area contributed by atoms with E-state index in [0.717, 1.165) is 5.56 Å². The monoisotopic (exact) mass is 426 g/mol. The smallest absolute Gasteiger partial charge is 0.251 e. The molecule has 160 valence electrons. The second kappa shape index (κ2) is 9.39. The average molecular weight is 426 g/mol. The van der Waals surface area contributed by atoms with Gasteiger partial charge in [-0.2, -0.15) is 0 Å². The topological polar surface area (TPSA) is 66.9 Å². The first-order chi connectivity index (χ1) is 15.5. The van der Waals surface area contributed by atoms with E-state index < -0.39 is 0 Å². The summed E-state index contributed by atoms with van der Waals surface area (Å²) >= 11 is 0. The number of nitrogens with zero attached hydrogens (tertiary/aromatic N) is 2. The third kappa shape index (κ3) is 5.16. The number of nitrogens with one attached hydrogen (secondary N) is 2. The van der Waals surface area contributed by atoms with Crippen LogP contribution >= 0.6 is 0 Å². The van der Waals surface area contributed by atoms with Crippen molar-refractivity contribution < 1.29 is 9.18 Å². The summed E-state index contributed by atoms with van der Waals surface area (Å²) < 4.78 is 13.5. The molecule has 0 spiro atoms. The molecule has 0 unspecified atom stereocenters. The van der Waals surface area contributed by atoms with Gasteiger partial charge in [-0.05, 0) is 49.7 Å². The van der Waals surface area contributed by atoms with Crippen molar-refractivity contribution in [2.75, 3.05) is 5.32 Å². The van der Waals surface area contributed by atoms with Crippen LogP contribution in [-0.4, -0.2) is 15.9 Å². The third-order valence-electron chi connectivity index (χ3n) is 5.11. The lowest BCUT2D eigenvalue weighted by molar-refractivity contribution is 0.0940. The predicted octanol–water partition coefficient (Wildman–Crippen LogP) is 5.83. The molecule has 0 radical (unpaired) electrons. The average Bonchev–Trinajstić information content (AvgIpc) is 2.80. The van der Waals surface area contributed by atoms with Crippen LogP contribution in [0.2, 0.25) is 0 Å². The lowest BCUT2D eigenvalue weighted by atomic mass is 10.1. The molecule has 32 heavy (non-hydrogen) atoms. The first kappa shape index (κ1) is 21.2. The molecule has 4 rings (SSSR count). The van der Waals surface area contributed by atoms with Crippen LogP contribution < -0.4 is 10.6 Å². The Morgan fingerprint density at radius 3 is 2.50 bits per heavy atom. The van der Waals surface area contributed by atoms with Crippen molar-refractivity contribution in [3.8, 4) is 11.3 Å². The van der Waals surface area contributed by atoms with Crippen LogP contribution in [0.1, 0.15) is 34.5 Å². The fourth-order valence-corrected chi connectivity index (χ4v) is 3.34. The van der Waals surface area contributed by atoms with E-state index in [1.165, 1.54) is 24.0 Å². The quantitative estimate of drug-likeness (QED) is 0.407. The van der Waals surface area contributed by atoms with Crippen molar-refractivity contribution in [3.63, 3.8) is 0 Å². The number of anilines is 2. The Kier molecular flexibility index (Phi) is 6.22. The maximum Gasteiger partial charge on any atom is 0.251 e. The minimum absolute atomic E-state index is 0.115. The molecule has 0 saturated carbocycles. The summed E-state index contributed by atoms with van der Waals surface area (Å²) in [7, 11) is 0. The molecule has 1 aromatic heterocycles. The normalized spacial score (nSPS) is 11.6. The Hall–Kier alpha value is -4.06. The van der Waals surface area contributed by atoms with E-state index in [4.69, 9.17) is 0 Å². The number of hydrogen-bond donors (Lipinski definition) is 2. The van der Waals surface area contributed by atoms with Gasteiger partial charge in [0.25, 0.3) is 5.91 Å². The van der Waals surface area contributed by atoms with Crippen LogP contribution in [0.4, 0.5) is 15.9 Å². The highest BCUT2D eigenvalue weighted by Crippen LogP contribution is 2.22. The lowest BCUT2D eigenvalue weighted by Gasteiger charge is -2.15. The van der Waals surface area contributed by atoms with Crippen LogP contribution in [0.5, 0.6) is 0 Å². The predicted molar refractivity (Wildman–Crippen MR) is 124 cm³/mol. The highest BCUT2D eigenvalue weighted by Gasteiger charge is 2.12. The number of aryl methyl sites for hydroxylation is 1. The van der Waals surface area contributed by atoms with Crippen LogP contribution in [0, 0.1) is 12.7 Å². The van der Waals surface area contributed by atoms with Crippen LogP contribution in [0.25, 0.3) is 11.3 Å². The molecule has 2 N–H and O–H groups in total. The zero-order valence-electron chi connectivity index (χ0n) is 17.8. The third-order valence-corrected chi connectivity index (χ3v) is 5.11. The summed E-state index contributed by atoms with van der Waals surface area (Å²) in [4.78, 5) is 21.2. The molecule has 0 saturated heterocycles. The minimum atomic E-state index is -0.325. The zero-order valence-corrected chi connectivity index (χ0v) is 17.8. The SMILES string of the molecule is Cc1ccc([C@@H](C)NC(=O)c2cccc(Nc3cc(-c4cccc(F)c4)ncn3)c2)cc1. The fourth-order valence-electron chi connectivity index (χ4n) is 3.34. The van der Waals surface area contributed by atoms with Crippen LogP contribution in [0.15, 0.2) is 85.2 Å². The maximum absolute atomic E-state index is 13.5. The standard InChI is InChI=1S/C26H23FN4O/c1-17-9-11-19(12-10-17)18(2)30-26(32)21-6-4-8-23(14-21)31-25-15-24(28-16-29-25)20-5-3-7-22(27)13-20/h3-16,18H,1-2H3,(H,30,32)(H,28,29,31)/t18-/m1/s1. The van der Waals surface area contributed by atoms with Crippen molar-refractivity contribution in [2.24, 2.45) is 0 Å². The fraction of sp³-hybridized carbons (Fsp3) is 0.115. The van der Waals surface area contributed by atoms with Gasteiger partial charge in [-0.25, -0.2) is 14.4 Å². The molecule has 0 aliphatic carbocycles. The molecular formula is C26H23FN4O. The Labute approximate surface area is 186 Å². The van der Waals surface area contributed by atoms with Gasteiger partial charge < -0.3 is 10.6 Å². The molecule has 0 aliphatic rings. The van der Waals surface area contributed by atoms with Gasteiger partial charge >= 0.3 is 0 Å². The highest BCUT2D eigenvalue weighted by atomic mass is 19.1. The second-order valence-electron chi connectivity index (χ2n) is 7.61. The summed E-state index contributed by atoms with van der Waals surface area (Å²) in [5.41, 5.74) is 4.73. The van der Waals surface area contributed by atoms with E-state index in [2.05, 4.69) is 20.6 Å². The van der Waals surface area contributed by atoms with Gasteiger partial charge in [0, 0.05) is 22.9 Å². The Balaban J connectivity index is 1.48. The first-order valence-corrected chi connectivity index (χ1v) is 10.3. The molecule has 0 bridgehead atoms. The second-order valence-corrected chi connectivity index (χ2v) is 7.61. The summed E-state index contributed by atoms with van der Waals surface area (Å²) in [6, 6.07) is 23.1. The van der Waals surface area contributed by atoms with Gasteiger partial charge in [0.15, 0.2) is 0 Å². The van der Waals surface area contributed by atoms with Gasteiger partial charge in [-0.3, -0.25) is 4.79 Å². The number of amides is 1. The summed E-state index contributed by atoms with van der Waals surface area (Å²) in [6.45, 7) is 3.99. The Bertz CT molecular complexity index is 1240. The van der Waals surface area contributed by atoms with E-state index in [1.807, 2.05) is 50.2 Å². The largest absolute Gasteiger partial charge is 0.346 e. The molecule has 5 nitrogen and oxygen atoms in total. The van der Waals surface area contributed by atoms with Gasteiger partial charge in [-0.15, -0.1) is 0 Å². The number of rotatable bonds is 6. The lowest BCUT2D eigenvalue weighted by Crippen LogP contribution is -2.26. The van der Waals surface area contributed by atoms with Gasteiger partial charge in [0.05, 0.1) is 11.7 Å². The number of hydrogen-bond acceptors (Lipinski definition) is 4. The maximum atomic E-state index is 13.5. The molecule has 3 aromatic carbocycles. The number of carbonyl (C=O) groups is 1. The van der Waals surface area contributed by atoms with Gasteiger partial charge in [0.1, 0.15) is 18.0 Å². The molecular weight excluding hydrogens is 403 g/mol. The van der Waals surface area contributed by atoms with Crippen molar-refractivity contribution in [1.29, 1.82) is 0 Å². The molecule has 4 aromatic rings. The highest BCUT2D eigenvalue weighted by molar-refractivity contribution is 5.95. The summed E-state index contributed by atoms with van der Waals surface area (Å²) in [5.74, 6) is 0.0592. The first-order valence-electron chi connectivity index (χ1n) is 10.3. The molecule has 1 amide bonds. The van der Waals surface area contributed by atoms with E-state index in [9.17, 15) is 9.18 Å². The number of benzene rings is 3. The van der Waals surface area contributed by atoms with Gasteiger partial charge in [-0.1, -0.05) is 48.0 Å². The van der Waals surface area contributed by atoms with Crippen molar-refractivity contribution in [2.45, 2.75) is 19.9 Å². The van der Waals surface area contributed by atoms with Gasteiger partial charge in [0.2, 0.25) is 0 Å². The minimum Gasteiger partial charge on any atom is -0.346 e. The Morgan fingerprint density at radius 1 is 0.938 bits per heavy atom. The van der Waals surface area contributed by atoms with E-state index in [1.54, 1.807) is 30.3 Å². The molecule has 6 heteroatoms. The number of aromatic nitrogens is 2. The molecule has 1 heterocycles. The molecule has 0 fully saturated rings. The van der Waals surface area contributed by atoms with Crippen molar-refractivity contribution in [3.05, 3.63) is 108 Å². The zero-order chi connectivity index (χ0) is 22.5. The van der Waals surface area contributed by atoms with E-state index in [-0.39, 0.29) is 17.8 Å². The number of carbonyl (C=O) groups excluding carboxylic acids is 1. The number of halogens is 1. The summed E-state index contributed by atoms with van der Waals surface area (Å²) in [6.07, 6.45) is 1.42. The van der Waals surface area contributed by atoms with Crippen molar-refractivity contribution >= 4 is 17.4 Å².